The molecule has 0 bridgehead atoms. The number of anilines is 1. The third-order valence-corrected chi connectivity index (χ3v) is 4.24. The minimum absolute atomic E-state index is 0.0708. The number of benzene rings is 2. The van der Waals surface area contributed by atoms with E-state index < -0.39 is 17.8 Å². The summed E-state index contributed by atoms with van der Waals surface area (Å²) in [6.07, 6.45) is 1.32. The van der Waals surface area contributed by atoms with Crippen LogP contribution in [0.25, 0.3) is 6.08 Å². The van der Waals surface area contributed by atoms with Crippen LogP contribution in [0.15, 0.2) is 48.0 Å². The number of barbiturate groups is 1. The van der Waals surface area contributed by atoms with Crippen LogP contribution in [0.5, 0.6) is 11.5 Å². The van der Waals surface area contributed by atoms with E-state index in [2.05, 4.69) is 5.32 Å². The second kappa shape index (κ2) is 6.20. The highest BCUT2D eigenvalue weighted by atomic mass is 35.5. The Labute approximate surface area is 152 Å². The molecule has 1 saturated heterocycles. The van der Waals surface area contributed by atoms with E-state index in [9.17, 15) is 14.4 Å². The number of imide groups is 2. The van der Waals surface area contributed by atoms with Crippen molar-refractivity contribution < 1.29 is 23.9 Å². The monoisotopic (exact) mass is 370 g/mol. The second-order valence-electron chi connectivity index (χ2n) is 5.52. The molecule has 0 aromatic heterocycles. The van der Waals surface area contributed by atoms with Gasteiger partial charge < -0.3 is 9.47 Å². The first-order valence-corrected chi connectivity index (χ1v) is 7.98. The van der Waals surface area contributed by atoms with Gasteiger partial charge in [0.25, 0.3) is 11.8 Å². The number of ether oxygens (including phenoxy) is 2. The number of fused-ring (bicyclic) bond motifs is 1. The van der Waals surface area contributed by atoms with Gasteiger partial charge >= 0.3 is 6.03 Å². The van der Waals surface area contributed by atoms with Crippen molar-refractivity contribution in [2.45, 2.75) is 0 Å². The van der Waals surface area contributed by atoms with Crippen molar-refractivity contribution in [1.29, 1.82) is 0 Å². The number of hydrogen-bond acceptors (Lipinski definition) is 5. The summed E-state index contributed by atoms with van der Waals surface area (Å²) >= 11 is 6.20. The molecule has 0 saturated carbocycles. The molecule has 7 nitrogen and oxygen atoms in total. The molecule has 1 N–H and O–H groups in total. The molecule has 2 aromatic rings. The lowest BCUT2D eigenvalue weighted by Crippen LogP contribution is -2.54. The Bertz CT molecular complexity index is 971. The van der Waals surface area contributed by atoms with Crippen LogP contribution in [0.4, 0.5) is 10.5 Å². The van der Waals surface area contributed by atoms with E-state index in [0.29, 0.717) is 22.7 Å². The van der Waals surface area contributed by atoms with E-state index >= 15 is 0 Å². The van der Waals surface area contributed by atoms with E-state index in [-0.39, 0.29) is 17.4 Å². The maximum Gasteiger partial charge on any atom is 0.335 e. The van der Waals surface area contributed by atoms with Crippen molar-refractivity contribution in [2.75, 3.05) is 11.7 Å². The van der Waals surface area contributed by atoms with Crippen LogP contribution in [-0.2, 0) is 9.59 Å². The number of halogens is 1. The van der Waals surface area contributed by atoms with Gasteiger partial charge in [-0.2, -0.15) is 0 Å². The molecule has 2 aromatic carbocycles. The van der Waals surface area contributed by atoms with Crippen molar-refractivity contribution in [1.82, 2.24) is 5.32 Å². The first-order chi connectivity index (χ1) is 12.5. The average Bonchev–Trinajstić information content (AvgIpc) is 3.06. The van der Waals surface area contributed by atoms with Gasteiger partial charge in [0.05, 0.1) is 10.7 Å². The lowest BCUT2D eigenvalue weighted by Gasteiger charge is -2.26. The highest BCUT2D eigenvalue weighted by Gasteiger charge is 2.37. The highest BCUT2D eigenvalue weighted by molar-refractivity contribution is 6.40. The first kappa shape index (κ1) is 16.2. The molecule has 2 aliphatic heterocycles. The molecule has 0 atom stereocenters. The summed E-state index contributed by atoms with van der Waals surface area (Å²) < 4.78 is 10.5. The number of nitrogens with zero attached hydrogens (tertiary/aromatic N) is 1. The van der Waals surface area contributed by atoms with E-state index in [4.69, 9.17) is 21.1 Å². The molecule has 130 valence electrons. The van der Waals surface area contributed by atoms with Crippen molar-refractivity contribution in [3.63, 3.8) is 0 Å². The largest absolute Gasteiger partial charge is 0.454 e. The van der Waals surface area contributed by atoms with E-state index in [1.54, 1.807) is 42.5 Å². The van der Waals surface area contributed by atoms with Crippen LogP contribution >= 0.6 is 11.6 Å². The molecular weight excluding hydrogens is 360 g/mol. The standard InChI is InChI=1S/C18H11ClN2O5/c19-13-8-15-14(25-9-26-15)7-10(13)6-12-16(22)20-18(24)21(17(12)23)11-4-2-1-3-5-11/h1-8H,9H2,(H,20,22,24)/b12-6-. The van der Waals surface area contributed by atoms with Gasteiger partial charge in [0.15, 0.2) is 11.5 Å². The summed E-state index contributed by atoms with van der Waals surface area (Å²) in [6, 6.07) is 10.6. The van der Waals surface area contributed by atoms with Crippen molar-refractivity contribution in [3.05, 3.63) is 58.6 Å². The van der Waals surface area contributed by atoms with Crippen molar-refractivity contribution >= 4 is 41.2 Å². The Hall–Kier alpha value is -3.32. The topological polar surface area (TPSA) is 84.9 Å². The van der Waals surface area contributed by atoms with Crippen LogP contribution in [0.3, 0.4) is 0 Å². The summed E-state index contributed by atoms with van der Waals surface area (Å²) in [5, 5.41) is 2.44. The van der Waals surface area contributed by atoms with E-state index in [1.807, 2.05) is 0 Å². The Morgan fingerprint density at radius 1 is 1.04 bits per heavy atom. The predicted molar refractivity (Wildman–Crippen MR) is 93.0 cm³/mol. The fraction of sp³-hybridized carbons (Fsp3) is 0.0556. The van der Waals surface area contributed by atoms with E-state index in [0.717, 1.165) is 4.90 Å². The van der Waals surface area contributed by atoms with Gasteiger partial charge in [-0.1, -0.05) is 29.8 Å². The Morgan fingerprint density at radius 2 is 1.73 bits per heavy atom. The molecular formula is C18H11ClN2O5. The Kier molecular flexibility index (Phi) is 3.85. The fourth-order valence-electron chi connectivity index (χ4n) is 2.67. The molecule has 4 rings (SSSR count). The third kappa shape index (κ3) is 2.68. The van der Waals surface area contributed by atoms with Gasteiger partial charge in [-0.05, 0) is 29.8 Å². The van der Waals surface area contributed by atoms with Gasteiger partial charge in [-0.25, -0.2) is 9.69 Å². The van der Waals surface area contributed by atoms with Crippen molar-refractivity contribution in [3.8, 4) is 11.5 Å². The molecule has 4 amide bonds. The minimum atomic E-state index is -0.805. The first-order valence-electron chi connectivity index (χ1n) is 7.60. The summed E-state index contributed by atoms with van der Waals surface area (Å²) in [6.45, 7) is 0.0708. The molecule has 1 fully saturated rings. The zero-order chi connectivity index (χ0) is 18.3. The lowest BCUT2D eigenvalue weighted by molar-refractivity contribution is -0.122. The third-order valence-electron chi connectivity index (χ3n) is 3.91. The number of hydrogen-bond donors (Lipinski definition) is 1. The van der Waals surface area contributed by atoms with Crippen LogP contribution in [0.1, 0.15) is 5.56 Å². The zero-order valence-electron chi connectivity index (χ0n) is 13.2. The molecule has 2 aliphatic rings. The van der Waals surface area contributed by atoms with Crippen LogP contribution in [-0.4, -0.2) is 24.6 Å². The lowest BCUT2D eigenvalue weighted by atomic mass is 10.1. The molecule has 0 unspecified atom stereocenters. The quantitative estimate of drug-likeness (QED) is 0.649. The number of amides is 4. The maximum absolute atomic E-state index is 12.8. The van der Waals surface area contributed by atoms with Crippen LogP contribution in [0, 0.1) is 0 Å². The molecule has 2 heterocycles. The smallest absolute Gasteiger partial charge is 0.335 e. The fourth-order valence-corrected chi connectivity index (χ4v) is 2.88. The molecule has 0 radical (unpaired) electrons. The van der Waals surface area contributed by atoms with E-state index in [1.165, 1.54) is 6.08 Å². The number of nitrogens with one attached hydrogen (secondary N) is 1. The van der Waals surface area contributed by atoms with Crippen LogP contribution in [0.2, 0.25) is 5.02 Å². The zero-order valence-corrected chi connectivity index (χ0v) is 13.9. The molecule has 8 heteroatoms. The SMILES string of the molecule is O=C1NC(=O)N(c2ccccc2)C(=O)/C1=C\c1cc2c(cc1Cl)OCO2. The van der Waals surface area contributed by atoms with Gasteiger partial charge in [-0.15, -0.1) is 0 Å². The summed E-state index contributed by atoms with van der Waals surface area (Å²) in [4.78, 5) is 38.0. The molecule has 0 aliphatic carbocycles. The van der Waals surface area contributed by atoms with Gasteiger partial charge in [0.2, 0.25) is 6.79 Å². The minimum Gasteiger partial charge on any atom is -0.454 e. The molecule has 26 heavy (non-hydrogen) atoms. The number of rotatable bonds is 2. The summed E-state index contributed by atoms with van der Waals surface area (Å²) in [5.41, 5.74) is 0.538. The number of carbonyl (C=O) groups is 3. The summed E-state index contributed by atoms with van der Waals surface area (Å²) in [7, 11) is 0. The average molecular weight is 371 g/mol. The van der Waals surface area contributed by atoms with Gasteiger partial charge in [-0.3, -0.25) is 14.9 Å². The van der Waals surface area contributed by atoms with Crippen LogP contribution < -0.4 is 19.7 Å². The second-order valence-corrected chi connectivity index (χ2v) is 5.93. The maximum atomic E-state index is 12.8. The predicted octanol–water partition coefficient (Wildman–Crippen LogP) is 2.74. The summed E-state index contributed by atoms with van der Waals surface area (Å²) in [5.74, 6) is -0.585. The number of para-hydroxylation sites is 1. The molecule has 0 spiro atoms. The Morgan fingerprint density at radius 3 is 2.46 bits per heavy atom. The number of urea groups is 1. The Balaban J connectivity index is 1.76. The highest BCUT2D eigenvalue weighted by Crippen LogP contribution is 2.37. The van der Waals surface area contributed by atoms with Crippen molar-refractivity contribution in [2.24, 2.45) is 0 Å². The van der Waals surface area contributed by atoms with Gasteiger partial charge in [0, 0.05) is 6.07 Å². The van der Waals surface area contributed by atoms with Gasteiger partial charge in [0.1, 0.15) is 5.57 Å². The normalized spacial score (nSPS) is 17.7. The number of carbonyl (C=O) groups excluding carboxylic acids is 3.